The van der Waals surface area contributed by atoms with Gasteiger partial charge in [-0.3, -0.25) is 14.4 Å². The van der Waals surface area contributed by atoms with Crippen LogP contribution in [0.2, 0.25) is 0 Å². The Morgan fingerprint density at radius 3 is 0.867 bits per heavy atom. The van der Waals surface area contributed by atoms with Gasteiger partial charge in [-0.25, -0.2) is 0 Å². The second-order valence-electron chi connectivity index (χ2n) is 5.72. The molecule has 0 fully saturated rings. The van der Waals surface area contributed by atoms with E-state index in [9.17, 15) is 67.1 Å². The van der Waals surface area contributed by atoms with Crippen molar-refractivity contribution < 1.29 is 76.5 Å². The molecule has 0 saturated heterocycles. The van der Waals surface area contributed by atoms with Crippen molar-refractivity contribution in [2.75, 3.05) is 0 Å². The highest BCUT2D eigenvalue weighted by Crippen LogP contribution is 2.52. The molecule has 0 spiro atoms. The molecule has 0 N–H and O–H groups in total. The van der Waals surface area contributed by atoms with Gasteiger partial charge in [0.1, 0.15) is 5.78 Å². The molecule has 0 aromatic carbocycles. The smallest absolute Gasteiger partial charge is 0.438 e. The summed E-state index contributed by atoms with van der Waals surface area (Å²) in [5, 5.41) is 0. The average Bonchev–Trinajstić information content (AvgIpc) is 2.39. The Labute approximate surface area is 158 Å². The predicted molar refractivity (Wildman–Crippen MR) is 67.5 cm³/mol. The molecule has 0 saturated carbocycles. The van der Waals surface area contributed by atoms with E-state index in [1.807, 2.05) is 0 Å². The quantitative estimate of drug-likeness (QED) is 0.427. The molecule has 0 aliphatic heterocycles. The van der Waals surface area contributed by atoms with Gasteiger partial charge in [-0.05, 0) is 0 Å². The van der Waals surface area contributed by atoms with E-state index in [0.717, 1.165) is 0 Å². The van der Waals surface area contributed by atoms with Crippen molar-refractivity contribution in [1.29, 1.82) is 0 Å². The molecule has 0 rings (SSSR count). The van der Waals surface area contributed by atoms with Crippen LogP contribution in [0.5, 0.6) is 0 Å². The molecule has 176 valence electrons. The Morgan fingerprint density at radius 1 is 0.533 bits per heavy atom. The third-order valence-corrected chi connectivity index (χ3v) is 3.36. The van der Waals surface area contributed by atoms with Crippen LogP contribution in [0.25, 0.3) is 0 Å². The maximum absolute atomic E-state index is 13.0. The number of hydrogen-bond donors (Lipinski definition) is 0. The summed E-state index contributed by atoms with van der Waals surface area (Å²) < 4.78 is 163. The molecule has 5 nitrogen and oxygen atoms in total. The van der Waals surface area contributed by atoms with Crippen LogP contribution >= 0.6 is 0 Å². The number of ether oxygens (including phenoxy) is 2. The zero-order valence-corrected chi connectivity index (χ0v) is 14.5. The van der Waals surface area contributed by atoms with E-state index in [4.69, 9.17) is 0 Å². The zero-order valence-electron chi connectivity index (χ0n) is 14.5. The highest BCUT2D eigenvalue weighted by Gasteiger charge is 2.77. The van der Waals surface area contributed by atoms with Crippen molar-refractivity contribution in [3.8, 4) is 0 Å². The fourth-order valence-corrected chi connectivity index (χ4v) is 2.13. The van der Waals surface area contributed by atoms with Gasteiger partial charge in [-0.15, -0.1) is 0 Å². The normalized spacial score (nSPS) is 14.3. The van der Waals surface area contributed by atoms with E-state index in [1.54, 1.807) is 0 Å². The van der Waals surface area contributed by atoms with Crippen molar-refractivity contribution in [2.45, 2.75) is 62.6 Å². The van der Waals surface area contributed by atoms with Gasteiger partial charge in [-0.1, -0.05) is 0 Å². The molecule has 0 atom stereocenters. The Morgan fingerprint density at radius 2 is 0.733 bits per heavy atom. The standard InChI is InChI=1S/C13H10F12O5/c1-5(26)29-8(10(14,15)16,11(17,18)19)3-7(28)4-9(12(20,21)22,13(23,24)25)30-6(2)27/h3-4H2,1-2H3. The van der Waals surface area contributed by atoms with E-state index in [-0.39, 0.29) is 13.8 Å². The predicted octanol–water partition coefficient (Wildman–Crippen LogP) is 4.19. The van der Waals surface area contributed by atoms with Crippen molar-refractivity contribution in [3.63, 3.8) is 0 Å². The molecule has 0 amide bonds. The van der Waals surface area contributed by atoms with Crippen LogP contribution < -0.4 is 0 Å². The third-order valence-electron chi connectivity index (χ3n) is 3.36. The first-order valence-electron chi connectivity index (χ1n) is 7.11. The number of hydrogen-bond acceptors (Lipinski definition) is 5. The van der Waals surface area contributed by atoms with Crippen LogP contribution in [0.4, 0.5) is 52.7 Å². The topological polar surface area (TPSA) is 69.7 Å². The third kappa shape index (κ3) is 5.47. The minimum atomic E-state index is -6.67. The highest BCUT2D eigenvalue weighted by atomic mass is 19.4. The van der Waals surface area contributed by atoms with Gasteiger partial charge >= 0.3 is 47.8 Å². The molecule has 0 unspecified atom stereocenters. The van der Waals surface area contributed by atoms with E-state index < -0.39 is 66.5 Å². The van der Waals surface area contributed by atoms with Crippen LogP contribution in [-0.2, 0) is 23.9 Å². The first kappa shape index (κ1) is 27.8. The number of alkyl halides is 12. The van der Waals surface area contributed by atoms with Gasteiger partial charge in [0.05, 0.1) is 12.8 Å². The highest BCUT2D eigenvalue weighted by molar-refractivity contribution is 5.82. The lowest BCUT2D eigenvalue weighted by atomic mass is 9.87. The Kier molecular flexibility index (Phi) is 7.52. The molecule has 0 radical (unpaired) electrons. The van der Waals surface area contributed by atoms with Crippen molar-refractivity contribution >= 4 is 17.7 Å². The van der Waals surface area contributed by atoms with Crippen LogP contribution in [0.3, 0.4) is 0 Å². The van der Waals surface area contributed by atoms with Gasteiger partial charge in [0.2, 0.25) is 0 Å². The number of carbonyl (C=O) groups is 3. The SMILES string of the molecule is CC(=O)OC(CC(=O)CC(OC(C)=O)(C(F)(F)F)C(F)(F)F)(C(F)(F)F)C(F)(F)F. The molecule has 0 aliphatic carbocycles. The summed E-state index contributed by atoms with van der Waals surface area (Å²) in [4.78, 5) is 33.1. The number of rotatable bonds is 6. The number of Topliss-reactive ketones (excluding diaryl/α,β-unsaturated/α-hetero) is 1. The summed E-state index contributed by atoms with van der Waals surface area (Å²) in [6.07, 6.45) is -33.1. The number of ketones is 1. The lowest BCUT2D eigenvalue weighted by Crippen LogP contribution is -2.63. The Hall–Kier alpha value is -2.23. The lowest BCUT2D eigenvalue weighted by Gasteiger charge is -2.38. The second-order valence-corrected chi connectivity index (χ2v) is 5.72. The zero-order chi connectivity index (χ0) is 24.6. The first-order chi connectivity index (χ1) is 12.9. The molecule has 0 aromatic rings. The molecule has 0 bridgehead atoms. The minimum absolute atomic E-state index is 0.0191. The van der Waals surface area contributed by atoms with Crippen LogP contribution in [0.1, 0.15) is 26.7 Å². The van der Waals surface area contributed by atoms with E-state index in [0.29, 0.717) is 0 Å². The second kappa shape index (κ2) is 8.13. The summed E-state index contributed by atoms with van der Waals surface area (Å²) >= 11 is 0. The first-order valence-corrected chi connectivity index (χ1v) is 7.11. The van der Waals surface area contributed by atoms with Gasteiger partial charge in [0.25, 0.3) is 0 Å². The molecule has 0 aliphatic rings. The Balaban J connectivity index is 6.52. The summed E-state index contributed by atoms with van der Waals surface area (Å²) in [5.74, 6) is -7.56. The van der Waals surface area contributed by atoms with E-state index >= 15 is 0 Å². The molecular weight excluding hydrogens is 464 g/mol. The summed E-state index contributed by atoms with van der Waals surface area (Å²) in [5.41, 5.74) is -11.5. The monoisotopic (exact) mass is 474 g/mol. The fraction of sp³-hybridized carbons (Fsp3) is 0.769. The van der Waals surface area contributed by atoms with Crippen LogP contribution in [-0.4, -0.2) is 53.6 Å². The van der Waals surface area contributed by atoms with Gasteiger partial charge in [0.15, 0.2) is 0 Å². The van der Waals surface area contributed by atoms with E-state index in [1.165, 1.54) is 0 Å². The minimum Gasteiger partial charge on any atom is -0.439 e. The molecule has 0 heterocycles. The van der Waals surface area contributed by atoms with Crippen LogP contribution in [0.15, 0.2) is 0 Å². The average molecular weight is 474 g/mol. The van der Waals surface area contributed by atoms with Crippen molar-refractivity contribution in [1.82, 2.24) is 0 Å². The van der Waals surface area contributed by atoms with Gasteiger partial charge in [0, 0.05) is 13.8 Å². The van der Waals surface area contributed by atoms with Crippen LogP contribution in [0, 0.1) is 0 Å². The summed E-state index contributed by atoms with van der Waals surface area (Å²) in [7, 11) is 0. The molecule has 17 heteroatoms. The number of esters is 2. The molecule has 30 heavy (non-hydrogen) atoms. The van der Waals surface area contributed by atoms with Crippen molar-refractivity contribution in [3.05, 3.63) is 0 Å². The summed E-state index contributed by atoms with van der Waals surface area (Å²) in [6, 6.07) is 0. The van der Waals surface area contributed by atoms with Crippen molar-refractivity contribution in [2.24, 2.45) is 0 Å². The van der Waals surface area contributed by atoms with Gasteiger partial charge < -0.3 is 9.47 Å². The Bertz CT molecular complexity index is 586. The van der Waals surface area contributed by atoms with E-state index in [2.05, 4.69) is 9.47 Å². The summed E-state index contributed by atoms with van der Waals surface area (Å²) in [6.45, 7) is 0.0383. The van der Waals surface area contributed by atoms with Gasteiger partial charge in [-0.2, -0.15) is 52.7 Å². The number of carbonyl (C=O) groups excluding carboxylic acids is 3. The maximum Gasteiger partial charge on any atom is 0.438 e. The number of halogens is 12. The maximum atomic E-state index is 13.0. The lowest BCUT2D eigenvalue weighted by molar-refractivity contribution is -0.373. The largest absolute Gasteiger partial charge is 0.439 e. The molecular formula is C13H10F12O5. The fourth-order valence-electron chi connectivity index (χ4n) is 2.13. The molecule has 0 aromatic heterocycles.